The van der Waals surface area contributed by atoms with E-state index in [-0.39, 0.29) is 11.7 Å². The van der Waals surface area contributed by atoms with Crippen LogP contribution in [0.3, 0.4) is 0 Å². The van der Waals surface area contributed by atoms with Gasteiger partial charge in [0.2, 0.25) is 0 Å². The predicted octanol–water partition coefficient (Wildman–Crippen LogP) is 0.218. The Hall–Kier alpha value is -0.0231. The molecule has 48 valence electrons. The van der Waals surface area contributed by atoms with E-state index in [9.17, 15) is 4.79 Å². The van der Waals surface area contributed by atoms with Crippen LogP contribution in [0.4, 0.5) is 0 Å². The Balaban J connectivity index is 3.24. The van der Waals surface area contributed by atoms with Gasteiger partial charge in [0.05, 0.1) is 5.73 Å². The van der Waals surface area contributed by atoms with E-state index in [2.05, 4.69) is 0 Å². The lowest BCUT2D eigenvalue weighted by atomic mass is 10.8. The summed E-state index contributed by atoms with van der Waals surface area (Å²) in [6, 6.07) is 0. The molecular weight excluding hydrogens is 144 g/mol. The van der Waals surface area contributed by atoms with Crippen LogP contribution in [-0.2, 0) is 9.53 Å². The summed E-state index contributed by atoms with van der Waals surface area (Å²) in [5.74, 6) is -0.245. The number of carbonyl (C=O) groups is 1. The van der Waals surface area contributed by atoms with Gasteiger partial charge in [-0.15, -0.1) is 0 Å². The maximum Gasteiger partial charge on any atom is 0.302 e. The summed E-state index contributed by atoms with van der Waals surface area (Å²) in [5, 5.41) is 0. The van der Waals surface area contributed by atoms with Crippen LogP contribution in [-0.4, -0.2) is 20.5 Å². The van der Waals surface area contributed by atoms with Crippen molar-refractivity contribution >= 4 is 25.9 Å². The summed E-state index contributed by atoms with van der Waals surface area (Å²) in [4.78, 5) is 10.2. The Bertz CT molecular complexity index is 86.1. The highest BCUT2D eigenvalue weighted by Crippen LogP contribution is 1.89. The number of carbonyl (C=O) groups excluding carboxylic acids is 1. The highest BCUT2D eigenvalue weighted by Gasteiger charge is 2.01. The summed E-state index contributed by atoms with van der Waals surface area (Å²) in [6.07, 6.45) is 0. The molecule has 0 aliphatic carbocycles. The summed E-state index contributed by atoms with van der Waals surface area (Å²) in [6.45, 7) is 3.19. The Kier molecular flexibility index (Phi) is 3.91. The highest BCUT2D eigenvalue weighted by molar-refractivity contribution is 6.94. The molecule has 1 unspecified atom stereocenters. The standard InChI is InChI=1S/C4H9ClO2Si/c1-3(6)7-4(2)8-5/h4H,8H2,1-2H3. The maximum absolute atomic E-state index is 10.2. The molecule has 0 radical (unpaired) electrons. The number of halogens is 1. The van der Waals surface area contributed by atoms with E-state index >= 15 is 0 Å². The van der Waals surface area contributed by atoms with Crippen molar-refractivity contribution in [1.29, 1.82) is 0 Å². The topological polar surface area (TPSA) is 26.3 Å². The lowest BCUT2D eigenvalue weighted by Crippen LogP contribution is -2.15. The normalized spacial score (nSPS) is 14.4. The fourth-order valence-corrected chi connectivity index (χ4v) is 0.801. The maximum atomic E-state index is 10.2. The molecule has 4 heteroatoms. The monoisotopic (exact) mass is 152 g/mol. The van der Waals surface area contributed by atoms with E-state index in [1.807, 2.05) is 0 Å². The first kappa shape index (κ1) is 7.98. The first-order chi connectivity index (χ1) is 3.66. The van der Waals surface area contributed by atoms with Gasteiger partial charge in [-0.05, 0) is 6.92 Å². The number of hydrogen-bond acceptors (Lipinski definition) is 2. The van der Waals surface area contributed by atoms with Crippen LogP contribution in [0.1, 0.15) is 13.8 Å². The molecular formula is C4H9ClO2Si. The van der Waals surface area contributed by atoms with Crippen molar-refractivity contribution in [3.8, 4) is 0 Å². The summed E-state index contributed by atoms with van der Waals surface area (Å²) >= 11 is 5.46. The van der Waals surface area contributed by atoms with Crippen molar-refractivity contribution in [3.05, 3.63) is 0 Å². The lowest BCUT2D eigenvalue weighted by Gasteiger charge is -2.04. The van der Waals surface area contributed by atoms with E-state index in [0.717, 1.165) is 0 Å². The Labute approximate surface area is 55.7 Å². The summed E-state index contributed by atoms with van der Waals surface area (Å²) < 4.78 is 4.69. The van der Waals surface area contributed by atoms with E-state index in [1.54, 1.807) is 6.92 Å². The molecule has 0 heterocycles. The quantitative estimate of drug-likeness (QED) is 0.322. The van der Waals surface area contributed by atoms with Crippen molar-refractivity contribution in [2.45, 2.75) is 19.6 Å². The molecule has 0 saturated heterocycles. The van der Waals surface area contributed by atoms with Crippen LogP contribution >= 0.6 is 11.1 Å². The minimum absolute atomic E-state index is 0.0193. The van der Waals surface area contributed by atoms with Crippen molar-refractivity contribution in [3.63, 3.8) is 0 Å². The second-order valence-corrected chi connectivity index (χ2v) is 3.96. The molecule has 8 heavy (non-hydrogen) atoms. The molecule has 0 aromatic heterocycles. The Morgan fingerprint density at radius 2 is 2.38 bits per heavy atom. The van der Waals surface area contributed by atoms with E-state index in [4.69, 9.17) is 15.8 Å². The van der Waals surface area contributed by atoms with Crippen LogP contribution < -0.4 is 0 Å². The zero-order valence-corrected chi connectivity index (χ0v) is 7.15. The number of ether oxygens (including phenoxy) is 1. The minimum Gasteiger partial charge on any atom is -0.466 e. The van der Waals surface area contributed by atoms with Gasteiger partial charge in [-0.2, -0.15) is 11.1 Å². The van der Waals surface area contributed by atoms with Crippen LogP contribution in [0.15, 0.2) is 0 Å². The van der Waals surface area contributed by atoms with Crippen molar-refractivity contribution < 1.29 is 9.53 Å². The van der Waals surface area contributed by atoms with Crippen LogP contribution in [0.25, 0.3) is 0 Å². The van der Waals surface area contributed by atoms with Gasteiger partial charge in [0.1, 0.15) is 0 Å². The largest absolute Gasteiger partial charge is 0.466 e. The zero-order chi connectivity index (χ0) is 6.57. The van der Waals surface area contributed by atoms with Gasteiger partial charge < -0.3 is 4.74 Å². The van der Waals surface area contributed by atoms with Gasteiger partial charge in [-0.25, -0.2) is 0 Å². The molecule has 0 aromatic carbocycles. The fourth-order valence-electron chi connectivity index (χ4n) is 0.315. The zero-order valence-electron chi connectivity index (χ0n) is 4.98. The van der Waals surface area contributed by atoms with Gasteiger partial charge >= 0.3 is 5.97 Å². The second kappa shape index (κ2) is 3.92. The van der Waals surface area contributed by atoms with Gasteiger partial charge in [0, 0.05) is 6.92 Å². The number of esters is 1. The molecule has 0 fully saturated rings. The molecule has 0 rings (SSSR count). The van der Waals surface area contributed by atoms with Crippen molar-refractivity contribution in [2.75, 3.05) is 0 Å². The molecule has 0 aromatic rings. The van der Waals surface area contributed by atoms with Crippen LogP contribution in [0.5, 0.6) is 0 Å². The third-order valence-corrected chi connectivity index (χ3v) is 2.49. The number of hydrogen-bond donors (Lipinski definition) is 0. The molecule has 0 amide bonds. The molecule has 1 atom stereocenters. The second-order valence-electron chi connectivity index (χ2n) is 1.57. The van der Waals surface area contributed by atoms with E-state index in [0.29, 0.717) is 0 Å². The van der Waals surface area contributed by atoms with Gasteiger partial charge in [-0.1, -0.05) is 0 Å². The smallest absolute Gasteiger partial charge is 0.302 e. The molecule has 0 saturated carbocycles. The van der Waals surface area contributed by atoms with Gasteiger partial charge in [0.25, 0.3) is 0 Å². The Morgan fingerprint density at radius 3 is 2.50 bits per heavy atom. The van der Waals surface area contributed by atoms with Crippen molar-refractivity contribution in [2.24, 2.45) is 0 Å². The van der Waals surface area contributed by atoms with E-state index < -0.39 is 8.83 Å². The first-order valence-corrected chi connectivity index (χ1v) is 5.35. The lowest BCUT2D eigenvalue weighted by molar-refractivity contribution is -0.142. The summed E-state index contributed by atoms with van der Waals surface area (Å²) in [7, 11) is -0.675. The fraction of sp³-hybridized carbons (Fsp3) is 0.750. The number of rotatable bonds is 2. The first-order valence-electron chi connectivity index (χ1n) is 2.40. The SMILES string of the molecule is CC(=O)OC(C)[SiH2]Cl. The van der Waals surface area contributed by atoms with Gasteiger partial charge in [-0.3, -0.25) is 4.79 Å². The Morgan fingerprint density at radius 1 is 1.88 bits per heavy atom. The van der Waals surface area contributed by atoms with E-state index in [1.165, 1.54) is 6.92 Å². The molecule has 0 bridgehead atoms. The average Bonchev–Trinajstić information content (AvgIpc) is 1.65. The molecule has 0 N–H and O–H groups in total. The third-order valence-electron chi connectivity index (χ3n) is 0.584. The molecule has 0 spiro atoms. The third kappa shape index (κ3) is 4.14. The predicted molar refractivity (Wildman–Crippen MR) is 35.6 cm³/mol. The van der Waals surface area contributed by atoms with Crippen molar-refractivity contribution in [1.82, 2.24) is 0 Å². The van der Waals surface area contributed by atoms with Gasteiger partial charge in [0.15, 0.2) is 8.83 Å². The van der Waals surface area contributed by atoms with Crippen LogP contribution in [0.2, 0.25) is 0 Å². The molecule has 0 aliphatic rings. The van der Waals surface area contributed by atoms with Crippen LogP contribution in [0, 0.1) is 0 Å². The molecule has 2 nitrogen and oxygen atoms in total. The average molecular weight is 153 g/mol. The summed E-state index contributed by atoms with van der Waals surface area (Å²) in [5.41, 5.74) is -0.0193. The minimum atomic E-state index is -0.675. The highest BCUT2D eigenvalue weighted by atomic mass is 35.6. The molecule has 0 aliphatic heterocycles.